The fraction of sp³-hybridized carbons (Fsp3) is 0.500. The fourth-order valence-electron chi connectivity index (χ4n) is 1.61. The van der Waals surface area contributed by atoms with Gasteiger partial charge in [0.25, 0.3) is 0 Å². The minimum Gasteiger partial charge on any atom is -0.327 e. The molecule has 7 heteroatoms. The van der Waals surface area contributed by atoms with Crippen molar-refractivity contribution in [3.8, 4) is 0 Å². The Hall–Kier alpha value is -1.44. The Labute approximate surface area is 126 Å². The Morgan fingerprint density at radius 3 is 2.48 bits per heavy atom. The van der Waals surface area contributed by atoms with Gasteiger partial charge < -0.3 is 11.1 Å². The van der Waals surface area contributed by atoms with Crippen LogP contribution in [-0.4, -0.2) is 38.8 Å². The summed E-state index contributed by atoms with van der Waals surface area (Å²) in [5.41, 5.74) is 6.29. The summed E-state index contributed by atoms with van der Waals surface area (Å²) in [5.74, 6) is -0.0215. The van der Waals surface area contributed by atoms with Gasteiger partial charge in [0.05, 0.1) is 4.90 Å². The zero-order valence-corrected chi connectivity index (χ0v) is 13.6. The van der Waals surface area contributed by atoms with Gasteiger partial charge in [-0.2, -0.15) is 0 Å². The lowest BCUT2D eigenvalue weighted by Crippen LogP contribution is -2.31. The van der Waals surface area contributed by atoms with Gasteiger partial charge in [0, 0.05) is 32.2 Å². The monoisotopic (exact) mass is 313 g/mol. The van der Waals surface area contributed by atoms with E-state index in [0.717, 1.165) is 4.31 Å². The number of carbonyl (C=O) groups excluding carboxylic acids is 1. The number of hydrogen-bond acceptors (Lipinski definition) is 4. The highest BCUT2D eigenvalue weighted by Crippen LogP contribution is 2.18. The van der Waals surface area contributed by atoms with Gasteiger partial charge in [-0.3, -0.25) is 4.79 Å². The number of sulfonamides is 1. The highest BCUT2D eigenvalue weighted by molar-refractivity contribution is 7.89. The fourth-order valence-corrected chi connectivity index (χ4v) is 2.55. The van der Waals surface area contributed by atoms with E-state index in [-0.39, 0.29) is 29.2 Å². The number of rotatable bonds is 6. The first-order valence-electron chi connectivity index (χ1n) is 6.72. The molecule has 118 valence electrons. The quantitative estimate of drug-likeness (QED) is 0.826. The van der Waals surface area contributed by atoms with Crippen molar-refractivity contribution in [2.24, 2.45) is 11.7 Å². The van der Waals surface area contributed by atoms with Gasteiger partial charge in [0.1, 0.15) is 0 Å². The largest absolute Gasteiger partial charge is 0.327 e. The van der Waals surface area contributed by atoms with E-state index in [1.54, 1.807) is 12.1 Å². The van der Waals surface area contributed by atoms with Gasteiger partial charge in [0.2, 0.25) is 15.9 Å². The molecular formula is C14H23N3O3S. The van der Waals surface area contributed by atoms with Crippen molar-refractivity contribution in [3.05, 3.63) is 24.3 Å². The molecule has 1 amide bonds. The van der Waals surface area contributed by atoms with E-state index in [1.807, 2.05) is 13.8 Å². The Morgan fingerprint density at radius 1 is 1.33 bits per heavy atom. The molecule has 0 aromatic heterocycles. The van der Waals surface area contributed by atoms with Crippen LogP contribution in [0.15, 0.2) is 29.2 Å². The van der Waals surface area contributed by atoms with E-state index in [9.17, 15) is 13.2 Å². The number of anilines is 1. The summed E-state index contributed by atoms with van der Waals surface area (Å²) in [6, 6.07) is 5.94. The molecule has 0 spiro atoms. The summed E-state index contributed by atoms with van der Waals surface area (Å²) in [5, 5.41) is 2.68. The molecule has 0 saturated carbocycles. The predicted octanol–water partition coefficient (Wildman–Crippen LogP) is 1.25. The van der Waals surface area contributed by atoms with Crippen molar-refractivity contribution >= 4 is 21.6 Å². The van der Waals surface area contributed by atoms with Gasteiger partial charge in [0.15, 0.2) is 0 Å². The standard InChI is InChI=1S/C14H23N3O3S/c1-10(2)13(15)9-14(18)16-11-6-5-7-12(8-11)21(19,20)17(3)4/h5-8,10,13H,9,15H2,1-4H3,(H,16,18). The van der Waals surface area contributed by atoms with Crippen molar-refractivity contribution in [2.75, 3.05) is 19.4 Å². The van der Waals surface area contributed by atoms with Crippen molar-refractivity contribution < 1.29 is 13.2 Å². The topological polar surface area (TPSA) is 92.5 Å². The maximum atomic E-state index is 12.0. The molecule has 0 radical (unpaired) electrons. The van der Waals surface area contributed by atoms with Crippen LogP contribution >= 0.6 is 0 Å². The van der Waals surface area contributed by atoms with Crippen LogP contribution in [0.4, 0.5) is 5.69 Å². The summed E-state index contributed by atoms with van der Waals surface area (Å²) in [7, 11) is -0.593. The van der Waals surface area contributed by atoms with Crippen LogP contribution in [0.3, 0.4) is 0 Å². The highest BCUT2D eigenvalue weighted by atomic mass is 32.2. The van der Waals surface area contributed by atoms with E-state index in [4.69, 9.17) is 5.73 Å². The number of amides is 1. The molecule has 0 heterocycles. The third-order valence-electron chi connectivity index (χ3n) is 3.17. The molecule has 1 aromatic carbocycles. The lowest BCUT2D eigenvalue weighted by atomic mass is 10.0. The number of hydrogen-bond donors (Lipinski definition) is 2. The SMILES string of the molecule is CC(C)C(N)CC(=O)Nc1cccc(S(=O)(=O)N(C)C)c1. The molecule has 0 bridgehead atoms. The molecular weight excluding hydrogens is 290 g/mol. The van der Waals surface area contributed by atoms with E-state index in [1.165, 1.54) is 26.2 Å². The highest BCUT2D eigenvalue weighted by Gasteiger charge is 2.18. The summed E-state index contributed by atoms with van der Waals surface area (Å²) >= 11 is 0. The lowest BCUT2D eigenvalue weighted by Gasteiger charge is -2.16. The maximum absolute atomic E-state index is 12.0. The predicted molar refractivity (Wildman–Crippen MR) is 83.4 cm³/mol. The number of benzene rings is 1. The van der Waals surface area contributed by atoms with Crippen molar-refractivity contribution in [2.45, 2.75) is 31.2 Å². The minimum absolute atomic E-state index is 0.137. The third kappa shape index (κ3) is 4.80. The average Bonchev–Trinajstić information content (AvgIpc) is 2.38. The van der Waals surface area contributed by atoms with Crippen molar-refractivity contribution in [3.63, 3.8) is 0 Å². The van der Waals surface area contributed by atoms with Gasteiger partial charge in [-0.15, -0.1) is 0 Å². The first kappa shape index (κ1) is 17.6. The second kappa shape index (κ2) is 7.02. The van der Waals surface area contributed by atoms with Crippen molar-refractivity contribution in [1.82, 2.24) is 4.31 Å². The first-order chi connectivity index (χ1) is 9.64. The van der Waals surface area contributed by atoms with Gasteiger partial charge >= 0.3 is 0 Å². The molecule has 0 fully saturated rings. The Morgan fingerprint density at radius 2 is 1.95 bits per heavy atom. The molecule has 6 nitrogen and oxygen atoms in total. The normalized spacial score (nSPS) is 13.5. The van der Waals surface area contributed by atoms with E-state index in [0.29, 0.717) is 5.69 Å². The zero-order chi connectivity index (χ0) is 16.2. The molecule has 0 aliphatic rings. The minimum atomic E-state index is -3.51. The number of nitrogens with zero attached hydrogens (tertiary/aromatic N) is 1. The van der Waals surface area contributed by atoms with Crippen LogP contribution in [0.2, 0.25) is 0 Å². The molecule has 1 aromatic rings. The first-order valence-corrected chi connectivity index (χ1v) is 8.16. The van der Waals surface area contributed by atoms with E-state index >= 15 is 0 Å². The van der Waals surface area contributed by atoms with Crippen LogP contribution in [0.25, 0.3) is 0 Å². The van der Waals surface area contributed by atoms with Crippen LogP contribution in [0, 0.1) is 5.92 Å². The second-order valence-corrected chi connectivity index (χ2v) is 7.63. The molecule has 1 atom stereocenters. The summed E-state index contributed by atoms with van der Waals surface area (Å²) in [6.07, 6.45) is 0.197. The number of carbonyl (C=O) groups is 1. The summed E-state index contributed by atoms with van der Waals surface area (Å²) in [6.45, 7) is 3.89. The Kier molecular flexibility index (Phi) is 5.88. The Bertz CT molecular complexity index is 597. The van der Waals surface area contributed by atoms with Crippen LogP contribution in [0.1, 0.15) is 20.3 Å². The second-order valence-electron chi connectivity index (χ2n) is 5.48. The zero-order valence-electron chi connectivity index (χ0n) is 12.8. The molecule has 0 aliphatic carbocycles. The van der Waals surface area contributed by atoms with Crippen molar-refractivity contribution in [1.29, 1.82) is 0 Å². The van der Waals surface area contributed by atoms with E-state index < -0.39 is 10.0 Å². The summed E-state index contributed by atoms with van der Waals surface area (Å²) < 4.78 is 25.2. The maximum Gasteiger partial charge on any atom is 0.242 e. The molecule has 3 N–H and O–H groups in total. The number of nitrogens with one attached hydrogen (secondary N) is 1. The van der Waals surface area contributed by atoms with Crippen LogP contribution in [-0.2, 0) is 14.8 Å². The average molecular weight is 313 g/mol. The molecule has 0 aliphatic heterocycles. The third-order valence-corrected chi connectivity index (χ3v) is 4.98. The van der Waals surface area contributed by atoms with Crippen LogP contribution < -0.4 is 11.1 Å². The lowest BCUT2D eigenvalue weighted by molar-refractivity contribution is -0.116. The Balaban J connectivity index is 2.85. The summed E-state index contributed by atoms with van der Waals surface area (Å²) in [4.78, 5) is 12.0. The smallest absolute Gasteiger partial charge is 0.242 e. The van der Waals surface area contributed by atoms with Gasteiger partial charge in [-0.25, -0.2) is 12.7 Å². The van der Waals surface area contributed by atoms with Gasteiger partial charge in [-0.05, 0) is 24.1 Å². The van der Waals surface area contributed by atoms with Crippen LogP contribution in [0.5, 0.6) is 0 Å². The van der Waals surface area contributed by atoms with E-state index in [2.05, 4.69) is 5.32 Å². The van der Waals surface area contributed by atoms with Gasteiger partial charge in [-0.1, -0.05) is 19.9 Å². The molecule has 1 unspecified atom stereocenters. The molecule has 21 heavy (non-hydrogen) atoms. The number of nitrogens with two attached hydrogens (primary N) is 1. The molecule has 0 saturated heterocycles. The molecule has 1 rings (SSSR count).